The standard InChI is InChI=1S/C27H27NO8S/c1-5-7-20-12-18(14-22-24(29)28(27(33)37-22)16(3)26(32)34-4)13-21(35-6-2)23(20)36-15-17-8-10-19(11-9-17)25(30)31/h5,8-14,16H,1,6-7,15H2,2-4H3,(H,30,31)/b22-14+/t16-/m0/s1. The lowest BCUT2D eigenvalue weighted by Crippen LogP contribution is -2.42. The van der Waals surface area contributed by atoms with Crippen LogP contribution < -0.4 is 9.47 Å². The van der Waals surface area contributed by atoms with Gasteiger partial charge in [0.15, 0.2) is 11.5 Å². The van der Waals surface area contributed by atoms with Crippen LogP contribution in [0.5, 0.6) is 11.5 Å². The number of hydrogen-bond acceptors (Lipinski definition) is 8. The van der Waals surface area contributed by atoms with Crippen molar-refractivity contribution >= 4 is 40.9 Å². The molecule has 0 spiro atoms. The second kappa shape index (κ2) is 12.3. The highest BCUT2D eigenvalue weighted by Crippen LogP contribution is 2.38. The van der Waals surface area contributed by atoms with Crippen molar-refractivity contribution < 1.29 is 38.5 Å². The number of carbonyl (C=O) groups is 4. The van der Waals surface area contributed by atoms with Gasteiger partial charge in [0.1, 0.15) is 12.6 Å². The zero-order valence-corrected chi connectivity index (χ0v) is 21.5. The van der Waals surface area contributed by atoms with Gasteiger partial charge in [-0.25, -0.2) is 9.59 Å². The molecule has 1 N–H and O–H groups in total. The molecule has 1 atom stereocenters. The van der Waals surface area contributed by atoms with Gasteiger partial charge in [-0.3, -0.25) is 14.5 Å². The average Bonchev–Trinajstić information content (AvgIpc) is 3.15. The number of carboxylic acids is 1. The predicted octanol–water partition coefficient (Wildman–Crippen LogP) is 4.69. The lowest BCUT2D eigenvalue weighted by Gasteiger charge is -2.18. The summed E-state index contributed by atoms with van der Waals surface area (Å²) < 4.78 is 16.6. The zero-order valence-electron chi connectivity index (χ0n) is 20.7. The third-order valence-electron chi connectivity index (χ3n) is 5.45. The Morgan fingerprint density at radius 1 is 1.16 bits per heavy atom. The fourth-order valence-electron chi connectivity index (χ4n) is 3.64. The number of methoxy groups -OCH3 is 1. The van der Waals surface area contributed by atoms with E-state index in [-0.39, 0.29) is 17.1 Å². The molecule has 37 heavy (non-hydrogen) atoms. The van der Waals surface area contributed by atoms with Crippen molar-refractivity contribution in [1.82, 2.24) is 4.90 Å². The highest BCUT2D eigenvalue weighted by atomic mass is 32.2. The van der Waals surface area contributed by atoms with Gasteiger partial charge < -0.3 is 19.3 Å². The number of rotatable bonds is 11. The molecule has 1 aliphatic rings. The molecule has 194 valence electrons. The smallest absolute Gasteiger partial charge is 0.335 e. The molecular weight excluding hydrogens is 498 g/mol. The second-order valence-corrected chi connectivity index (χ2v) is 8.97. The van der Waals surface area contributed by atoms with Gasteiger partial charge in [-0.2, -0.15) is 0 Å². The largest absolute Gasteiger partial charge is 0.490 e. The summed E-state index contributed by atoms with van der Waals surface area (Å²) in [4.78, 5) is 49.3. The highest BCUT2D eigenvalue weighted by Gasteiger charge is 2.41. The molecule has 10 heteroatoms. The van der Waals surface area contributed by atoms with Crippen LogP contribution in [-0.2, 0) is 27.4 Å². The molecule has 1 heterocycles. The van der Waals surface area contributed by atoms with Crippen LogP contribution in [0.2, 0.25) is 0 Å². The first-order valence-electron chi connectivity index (χ1n) is 11.4. The summed E-state index contributed by atoms with van der Waals surface area (Å²) in [6.07, 6.45) is 3.71. The summed E-state index contributed by atoms with van der Waals surface area (Å²) in [6, 6.07) is 8.84. The molecule has 2 aromatic rings. The summed E-state index contributed by atoms with van der Waals surface area (Å²) in [6.45, 7) is 7.59. The van der Waals surface area contributed by atoms with Crippen molar-refractivity contribution in [2.45, 2.75) is 32.9 Å². The molecule has 1 aliphatic heterocycles. The zero-order chi connectivity index (χ0) is 27.1. The Labute approximate surface area is 218 Å². The number of nitrogens with zero attached hydrogens (tertiary/aromatic N) is 1. The Bertz CT molecular complexity index is 1250. The number of imide groups is 1. The highest BCUT2D eigenvalue weighted by molar-refractivity contribution is 8.18. The number of carbonyl (C=O) groups excluding carboxylic acids is 3. The quantitative estimate of drug-likeness (QED) is 0.253. The van der Waals surface area contributed by atoms with E-state index in [0.29, 0.717) is 30.1 Å². The number of ether oxygens (including phenoxy) is 3. The van der Waals surface area contributed by atoms with E-state index in [1.54, 1.807) is 30.4 Å². The number of amides is 2. The minimum Gasteiger partial charge on any atom is -0.490 e. The first-order chi connectivity index (χ1) is 17.7. The van der Waals surface area contributed by atoms with Gasteiger partial charge in [0.2, 0.25) is 0 Å². The van der Waals surface area contributed by atoms with E-state index in [9.17, 15) is 19.2 Å². The molecule has 2 amide bonds. The maximum absolute atomic E-state index is 12.9. The maximum atomic E-state index is 12.9. The Kier molecular flexibility index (Phi) is 9.13. The summed E-state index contributed by atoms with van der Waals surface area (Å²) in [5.41, 5.74) is 2.31. The van der Waals surface area contributed by atoms with E-state index >= 15 is 0 Å². The SMILES string of the molecule is C=CCc1cc(/C=C2/SC(=O)N([C@@H](C)C(=O)OC)C2=O)cc(OCC)c1OCc1ccc(C(=O)O)cc1. The summed E-state index contributed by atoms with van der Waals surface area (Å²) in [7, 11) is 1.19. The van der Waals surface area contributed by atoms with Gasteiger partial charge in [-0.1, -0.05) is 18.2 Å². The summed E-state index contributed by atoms with van der Waals surface area (Å²) >= 11 is 0.743. The van der Waals surface area contributed by atoms with E-state index in [0.717, 1.165) is 27.8 Å². The Balaban J connectivity index is 1.92. The van der Waals surface area contributed by atoms with Gasteiger partial charge in [-0.05, 0) is 73.5 Å². The van der Waals surface area contributed by atoms with Crippen LogP contribution >= 0.6 is 11.8 Å². The third-order valence-corrected chi connectivity index (χ3v) is 6.34. The van der Waals surface area contributed by atoms with Crippen LogP contribution in [0, 0.1) is 0 Å². The number of hydrogen-bond donors (Lipinski definition) is 1. The number of benzene rings is 2. The summed E-state index contributed by atoms with van der Waals surface area (Å²) in [5, 5.41) is 8.53. The maximum Gasteiger partial charge on any atom is 0.335 e. The fourth-order valence-corrected chi connectivity index (χ4v) is 4.55. The van der Waals surface area contributed by atoms with Gasteiger partial charge in [0, 0.05) is 5.56 Å². The van der Waals surface area contributed by atoms with Crippen LogP contribution in [0.15, 0.2) is 54.0 Å². The number of aromatic carboxylic acids is 1. The summed E-state index contributed by atoms with van der Waals surface area (Å²) in [5.74, 6) is -1.34. The molecule has 2 aromatic carbocycles. The number of thioether (sulfide) groups is 1. The van der Waals surface area contributed by atoms with Gasteiger partial charge in [-0.15, -0.1) is 6.58 Å². The minimum absolute atomic E-state index is 0.167. The molecule has 0 aromatic heterocycles. The fraction of sp³-hybridized carbons (Fsp3) is 0.259. The second-order valence-electron chi connectivity index (χ2n) is 7.97. The van der Waals surface area contributed by atoms with Crippen molar-refractivity contribution in [3.63, 3.8) is 0 Å². The molecule has 9 nitrogen and oxygen atoms in total. The first-order valence-corrected chi connectivity index (χ1v) is 12.2. The van der Waals surface area contributed by atoms with Gasteiger partial charge in [0.05, 0.1) is 24.2 Å². The molecular formula is C27H27NO8S. The molecule has 1 saturated heterocycles. The van der Waals surface area contributed by atoms with Crippen molar-refractivity contribution in [2.75, 3.05) is 13.7 Å². The van der Waals surface area contributed by atoms with E-state index in [1.165, 1.54) is 26.2 Å². The lowest BCUT2D eigenvalue weighted by molar-refractivity contribution is -0.148. The molecule has 3 rings (SSSR count). The topological polar surface area (TPSA) is 119 Å². The monoisotopic (exact) mass is 525 g/mol. The van der Waals surface area contributed by atoms with Gasteiger partial charge >= 0.3 is 11.9 Å². The Morgan fingerprint density at radius 3 is 2.46 bits per heavy atom. The van der Waals surface area contributed by atoms with Crippen LogP contribution in [0.1, 0.15) is 40.9 Å². The van der Waals surface area contributed by atoms with Crippen LogP contribution in [0.3, 0.4) is 0 Å². The number of esters is 1. The molecule has 0 saturated carbocycles. The molecule has 0 bridgehead atoms. The first kappa shape index (κ1) is 27.5. The average molecular weight is 526 g/mol. The third kappa shape index (κ3) is 6.39. The van der Waals surface area contributed by atoms with Crippen LogP contribution in [0.4, 0.5) is 4.79 Å². The molecule has 0 aliphatic carbocycles. The lowest BCUT2D eigenvalue weighted by atomic mass is 10.0. The van der Waals surface area contributed by atoms with Crippen molar-refractivity contribution in [2.24, 2.45) is 0 Å². The van der Waals surface area contributed by atoms with E-state index in [4.69, 9.17) is 14.6 Å². The van der Waals surface area contributed by atoms with Crippen molar-refractivity contribution in [3.8, 4) is 11.5 Å². The van der Waals surface area contributed by atoms with Crippen LogP contribution in [0.25, 0.3) is 6.08 Å². The van der Waals surface area contributed by atoms with E-state index < -0.39 is 29.1 Å². The molecule has 0 radical (unpaired) electrons. The van der Waals surface area contributed by atoms with Crippen molar-refractivity contribution in [3.05, 3.63) is 76.2 Å². The van der Waals surface area contributed by atoms with Gasteiger partial charge in [0.25, 0.3) is 11.1 Å². The number of allylic oxidation sites excluding steroid dienone is 1. The Hall–Kier alpha value is -4.05. The Morgan fingerprint density at radius 2 is 1.86 bits per heavy atom. The minimum atomic E-state index is -1.04. The molecule has 0 unspecified atom stereocenters. The van der Waals surface area contributed by atoms with Crippen LogP contribution in [-0.4, -0.2) is 52.8 Å². The van der Waals surface area contributed by atoms with E-state index in [2.05, 4.69) is 11.3 Å². The normalized spacial score (nSPS) is 15.0. The number of carboxylic acid groups (broad SMARTS) is 1. The predicted molar refractivity (Wildman–Crippen MR) is 139 cm³/mol. The molecule has 1 fully saturated rings. The van der Waals surface area contributed by atoms with E-state index in [1.807, 2.05) is 13.0 Å². The van der Waals surface area contributed by atoms with Crippen molar-refractivity contribution in [1.29, 1.82) is 0 Å².